The minimum Gasteiger partial charge on any atom is -0.480 e. The van der Waals surface area contributed by atoms with Gasteiger partial charge >= 0.3 is 5.97 Å². The molecule has 2 heterocycles. The van der Waals surface area contributed by atoms with E-state index in [1.807, 2.05) is 37.3 Å². The largest absolute Gasteiger partial charge is 0.480 e. The summed E-state index contributed by atoms with van der Waals surface area (Å²) in [6, 6.07) is 9.16. The molecule has 1 saturated heterocycles. The van der Waals surface area contributed by atoms with Gasteiger partial charge in [-0.3, -0.25) is 9.48 Å². The number of nitrogens with zero attached hydrogens (tertiary/aromatic N) is 3. The number of carbonyl (C=O) groups is 2. The predicted octanol–water partition coefficient (Wildman–Crippen LogP) is 2.32. The standard InChI is InChI=1S/C18H21N3O3/c1-13-15(11-19-21(13)12-14-7-3-2-4-8-14)17(22)20-10-6-5-9-16(20)18(23)24/h2-4,7-8,11,16H,5-6,9-10,12H2,1H3,(H,23,24)/t16-/m0/s1. The Bertz CT molecular complexity index is 739. The Balaban J connectivity index is 1.82. The van der Waals surface area contributed by atoms with Crippen LogP contribution >= 0.6 is 0 Å². The van der Waals surface area contributed by atoms with Crippen LogP contribution in [0.5, 0.6) is 0 Å². The van der Waals surface area contributed by atoms with E-state index in [4.69, 9.17) is 0 Å². The summed E-state index contributed by atoms with van der Waals surface area (Å²) in [7, 11) is 0. The monoisotopic (exact) mass is 327 g/mol. The molecule has 24 heavy (non-hydrogen) atoms. The zero-order valence-electron chi connectivity index (χ0n) is 13.7. The number of amides is 1. The predicted molar refractivity (Wildman–Crippen MR) is 88.8 cm³/mol. The van der Waals surface area contributed by atoms with Gasteiger partial charge in [0.2, 0.25) is 0 Å². The molecule has 1 amide bonds. The van der Waals surface area contributed by atoms with Gasteiger partial charge in [0.25, 0.3) is 5.91 Å². The van der Waals surface area contributed by atoms with Gasteiger partial charge in [-0.15, -0.1) is 0 Å². The third kappa shape index (κ3) is 3.18. The maximum atomic E-state index is 12.8. The van der Waals surface area contributed by atoms with E-state index in [2.05, 4.69) is 5.10 Å². The molecule has 0 radical (unpaired) electrons. The van der Waals surface area contributed by atoms with Gasteiger partial charge in [0.05, 0.1) is 18.3 Å². The second kappa shape index (κ2) is 6.86. The Kier molecular flexibility index (Phi) is 4.64. The minimum absolute atomic E-state index is 0.237. The quantitative estimate of drug-likeness (QED) is 0.935. The van der Waals surface area contributed by atoms with Crippen molar-refractivity contribution < 1.29 is 14.7 Å². The van der Waals surface area contributed by atoms with Crippen LogP contribution in [0.1, 0.15) is 40.9 Å². The third-order valence-corrected chi connectivity index (χ3v) is 4.56. The number of carboxylic acids is 1. The Morgan fingerprint density at radius 2 is 2.00 bits per heavy atom. The third-order valence-electron chi connectivity index (χ3n) is 4.56. The first-order valence-electron chi connectivity index (χ1n) is 8.18. The van der Waals surface area contributed by atoms with E-state index in [9.17, 15) is 14.7 Å². The molecule has 0 unspecified atom stereocenters. The molecule has 0 aliphatic carbocycles. The van der Waals surface area contributed by atoms with Crippen LogP contribution in [0.4, 0.5) is 0 Å². The smallest absolute Gasteiger partial charge is 0.326 e. The van der Waals surface area contributed by atoms with Gasteiger partial charge in [0.15, 0.2) is 0 Å². The topological polar surface area (TPSA) is 75.4 Å². The van der Waals surface area contributed by atoms with Gasteiger partial charge in [-0.1, -0.05) is 30.3 Å². The van der Waals surface area contributed by atoms with Gasteiger partial charge in [0.1, 0.15) is 6.04 Å². The fraction of sp³-hybridized carbons (Fsp3) is 0.389. The molecule has 2 aromatic rings. The Morgan fingerprint density at radius 3 is 2.71 bits per heavy atom. The van der Waals surface area contributed by atoms with Crippen molar-refractivity contribution in [3.8, 4) is 0 Å². The van der Waals surface area contributed by atoms with Crippen molar-refractivity contribution in [2.45, 2.75) is 38.8 Å². The summed E-state index contributed by atoms with van der Waals surface area (Å²) in [5.74, 6) is -1.17. The molecule has 6 nitrogen and oxygen atoms in total. The lowest BCUT2D eigenvalue weighted by molar-refractivity contribution is -0.143. The molecule has 0 spiro atoms. The number of likely N-dealkylation sites (tertiary alicyclic amines) is 1. The van der Waals surface area contributed by atoms with Crippen LogP contribution in [-0.4, -0.2) is 44.3 Å². The molecule has 1 aromatic heterocycles. The number of piperidine rings is 1. The highest BCUT2D eigenvalue weighted by Gasteiger charge is 2.33. The minimum atomic E-state index is -0.933. The van der Waals surface area contributed by atoms with Crippen molar-refractivity contribution in [1.29, 1.82) is 0 Å². The maximum Gasteiger partial charge on any atom is 0.326 e. The SMILES string of the molecule is Cc1c(C(=O)N2CCCC[C@H]2C(=O)O)cnn1Cc1ccccc1. The molecule has 3 rings (SSSR count). The van der Waals surface area contributed by atoms with Crippen molar-refractivity contribution in [1.82, 2.24) is 14.7 Å². The molecule has 0 bridgehead atoms. The number of carbonyl (C=O) groups excluding carboxylic acids is 1. The van der Waals surface area contributed by atoms with Gasteiger partial charge in [-0.25, -0.2) is 4.79 Å². The number of hydrogen-bond donors (Lipinski definition) is 1. The molecule has 1 N–H and O–H groups in total. The molecule has 0 saturated carbocycles. The first-order chi connectivity index (χ1) is 11.6. The first kappa shape index (κ1) is 16.2. The molecular weight excluding hydrogens is 306 g/mol. The Labute approximate surface area is 140 Å². The molecule has 1 fully saturated rings. The van der Waals surface area contributed by atoms with Crippen molar-refractivity contribution in [2.75, 3.05) is 6.54 Å². The molecular formula is C18H21N3O3. The Hall–Kier alpha value is -2.63. The summed E-state index contributed by atoms with van der Waals surface area (Å²) in [4.78, 5) is 25.7. The zero-order valence-corrected chi connectivity index (χ0v) is 13.7. The molecule has 126 valence electrons. The van der Waals surface area contributed by atoms with E-state index in [-0.39, 0.29) is 5.91 Å². The number of aromatic nitrogens is 2. The van der Waals surface area contributed by atoms with E-state index in [0.29, 0.717) is 25.1 Å². The van der Waals surface area contributed by atoms with Crippen LogP contribution in [0.3, 0.4) is 0 Å². The highest BCUT2D eigenvalue weighted by atomic mass is 16.4. The van der Waals surface area contributed by atoms with Crippen LogP contribution in [0.15, 0.2) is 36.5 Å². The lowest BCUT2D eigenvalue weighted by atomic mass is 10.0. The first-order valence-corrected chi connectivity index (χ1v) is 8.18. The summed E-state index contributed by atoms with van der Waals surface area (Å²) in [6.45, 7) is 2.92. The molecule has 1 aliphatic heterocycles. The number of rotatable bonds is 4. The van der Waals surface area contributed by atoms with Crippen molar-refractivity contribution in [3.63, 3.8) is 0 Å². The second-order valence-electron chi connectivity index (χ2n) is 6.14. The molecule has 1 aliphatic rings. The fourth-order valence-corrected chi connectivity index (χ4v) is 3.16. The van der Waals surface area contributed by atoms with Crippen LogP contribution in [0.25, 0.3) is 0 Å². The lowest BCUT2D eigenvalue weighted by Gasteiger charge is -2.32. The summed E-state index contributed by atoms with van der Waals surface area (Å²) in [5.41, 5.74) is 2.35. The van der Waals surface area contributed by atoms with E-state index in [0.717, 1.165) is 24.1 Å². The summed E-state index contributed by atoms with van der Waals surface area (Å²) >= 11 is 0. The van der Waals surface area contributed by atoms with Crippen LogP contribution in [0.2, 0.25) is 0 Å². The van der Waals surface area contributed by atoms with Gasteiger partial charge < -0.3 is 10.0 Å². The van der Waals surface area contributed by atoms with E-state index in [1.54, 1.807) is 10.9 Å². The number of hydrogen-bond acceptors (Lipinski definition) is 3. The van der Waals surface area contributed by atoms with Gasteiger partial charge in [-0.05, 0) is 31.7 Å². The number of carboxylic acid groups (broad SMARTS) is 1. The summed E-state index contributed by atoms with van der Waals surface area (Å²) in [5, 5.41) is 13.7. The van der Waals surface area contributed by atoms with Gasteiger partial charge in [-0.2, -0.15) is 5.10 Å². The number of benzene rings is 1. The average molecular weight is 327 g/mol. The summed E-state index contributed by atoms with van der Waals surface area (Å²) < 4.78 is 1.78. The Morgan fingerprint density at radius 1 is 1.25 bits per heavy atom. The second-order valence-corrected chi connectivity index (χ2v) is 6.14. The van der Waals surface area contributed by atoms with Crippen LogP contribution < -0.4 is 0 Å². The molecule has 6 heteroatoms. The van der Waals surface area contributed by atoms with Crippen molar-refractivity contribution in [2.24, 2.45) is 0 Å². The van der Waals surface area contributed by atoms with E-state index >= 15 is 0 Å². The maximum absolute atomic E-state index is 12.8. The van der Waals surface area contributed by atoms with Crippen LogP contribution in [-0.2, 0) is 11.3 Å². The highest BCUT2D eigenvalue weighted by molar-refractivity contribution is 5.97. The lowest BCUT2D eigenvalue weighted by Crippen LogP contribution is -2.48. The highest BCUT2D eigenvalue weighted by Crippen LogP contribution is 2.21. The summed E-state index contributed by atoms with van der Waals surface area (Å²) in [6.07, 6.45) is 3.74. The average Bonchev–Trinajstić information content (AvgIpc) is 2.96. The van der Waals surface area contributed by atoms with Crippen molar-refractivity contribution >= 4 is 11.9 Å². The van der Waals surface area contributed by atoms with Crippen molar-refractivity contribution in [3.05, 3.63) is 53.3 Å². The van der Waals surface area contributed by atoms with Crippen LogP contribution in [0, 0.1) is 6.92 Å². The fourth-order valence-electron chi connectivity index (χ4n) is 3.16. The zero-order chi connectivity index (χ0) is 17.1. The van der Waals surface area contributed by atoms with E-state index < -0.39 is 12.0 Å². The molecule has 1 aromatic carbocycles. The van der Waals surface area contributed by atoms with E-state index in [1.165, 1.54) is 4.90 Å². The normalized spacial score (nSPS) is 17.7. The van der Waals surface area contributed by atoms with Gasteiger partial charge in [0, 0.05) is 12.2 Å². The number of aliphatic carboxylic acids is 1. The molecule has 1 atom stereocenters.